The first-order valence-corrected chi connectivity index (χ1v) is 5.36. The molecule has 1 atom stereocenters. The molecule has 2 heteroatoms. The van der Waals surface area contributed by atoms with Crippen molar-refractivity contribution < 1.29 is 0 Å². The maximum atomic E-state index is 2.48. The van der Waals surface area contributed by atoms with Crippen molar-refractivity contribution in [3.63, 3.8) is 0 Å². The number of alkyl halides is 1. The fourth-order valence-corrected chi connectivity index (χ4v) is 2.24. The minimum atomic E-state index is 0.612. The van der Waals surface area contributed by atoms with Crippen LogP contribution in [0.5, 0.6) is 0 Å². The molecule has 1 unspecified atom stereocenters. The lowest BCUT2D eigenvalue weighted by Crippen LogP contribution is -2.25. The van der Waals surface area contributed by atoms with Gasteiger partial charge in [0.05, 0.1) is 0 Å². The predicted molar refractivity (Wildman–Crippen MR) is 53.7 cm³/mol. The van der Waals surface area contributed by atoms with E-state index in [1.165, 1.54) is 17.4 Å². The van der Waals surface area contributed by atoms with Gasteiger partial charge < -0.3 is 4.90 Å². The Morgan fingerprint density at radius 1 is 1.60 bits per heavy atom. The molecule has 1 aliphatic rings. The summed E-state index contributed by atoms with van der Waals surface area (Å²) in [5, 5.41) is 0. The van der Waals surface area contributed by atoms with Crippen molar-refractivity contribution in [2.24, 2.45) is 5.41 Å². The topological polar surface area (TPSA) is 3.24 Å². The van der Waals surface area contributed by atoms with Gasteiger partial charge in [0, 0.05) is 17.0 Å². The molecule has 0 heterocycles. The molecule has 0 spiro atoms. The first kappa shape index (κ1) is 8.78. The van der Waals surface area contributed by atoms with Crippen LogP contribution in [0.4, 0.5) is 0 Å². The highest BCUT2D eigenvalue weighted by Gasteiger charge is 2.47. The van der Waals surface area contributed by atoms with Crippen LogP contribution in [-0.2, 0) is 0 Å². The van der Waals surface area contributed by atoms with Crippen molar-refractivity contribution in [1.29, 1.82) is 0 Å². The fraction of sp³-hybridized carbons (Fsp3) is 1.00. The summed E-state index contributed by atoms with van der Waals surface area (Å²) < 4.78 is 1.25. The lowest BCUT2D eigenvalue weighted by Gasteiger charge is -2.16. The van der Waals surface area contributed by atoms with E-state index in [1.54, 1.807) is 0 Å². The van der Waals surface area contributed by atoms with Crippen molar-refractivity contribution >= 4 is 22.6 Å². The van der Waals surface area contributed by atoms with Gasteiger partial charge in [0.25, 0.3) is 0 Å². The smallest absolute Gasteiger partial charge is 0.0150 e. The Balaban J connectivity index is 2.25. The Kier molecular flexibility index (Phi) is 2.61. The first-order chi connectivity index (χ1) is 4.58. The van der Waals surface area contributed by atoms with Crippen LogP contribution in [0.3, 0.4) is 0 Å². The quantitative estimate of drug-likeness (QED) is 0.550. The molecule has 0 bridgehead atoms. The van der Waals surface area contributed by atoms with Gasteiger partial charge in [-0.15, -0.1) is 0 Å². The average Bonchev–Trinajstić information content (AvgIpc) is 2.41. The van der Waals surface area contributed by atoms with Gasteiger partial charge in [-0.05, 0) is 18.9 Å². The summed E-state index contributed by atoms with van der Waals surface area (Å²) in [5.74, 6) is 0. The molecule has 0 radical (unpaired) electrons. The van der Waals surface area contributed by atoms with Gasteiger partial charge in [0.15, 0.2) is 0 Å². The first-order valence-electron chi connectivity index (χ1n) is 3.84. The van der Waals surface area contributed by atoms with Gasteiger partial charge in [-0.3, -0.25) is 0 Å². The summed E-state index contributed by atoms with van der Waals surface area (Å²) in [4.78, 5) is 2.48. The van der Waals surface area contributed by atoms with Crippen LogP contribution in [0.25, 0.3) is 0 Å². The van der Waals surface area contributed by atoms with Crippen molar-refractivity contribution in [3.8, 4) is 0 Å². The molecular weight excluding hydrogens is 237 g/mol. The summed E-state index contributed by atoms with van der Waals surface area (Å²) in [5.41, 5.74) is 0.612. The zero-order chi connectivity index (χ0) is 7.78. The van der Waals surface area contributed by atoms with Crippen molar-refractivity contribution in [3.05, 3.63) is 0 Å². The Morgan fingerprint density at radius 2 is 2.10 bits per heavy atom. The number of nitrogens with zero attached hydrogens (tertiary/aromatic N) is 1. The maximum absolute atomic E-state index is 2.48. The van der Waals surface area contributed by atoms with Gasteiger partial charge in [-0.25, -0.2) is 0 Å². The van der Waals surface area contributed by atoms with E-state index in [9.17, 15) is 0 Å². The molecule has 60 valence electrons. The van der Waals surface area contributed by atoms with Gasteiger partial charge in [-0.2, -0.15) is 0 Å². The normalized spacial score (nSPS) is 29.1. The highest BCUT2D eigenvalue weighted by molar-refractivity contribution is 14.1. The van der Waals surface area contributed by atoms with Crippen LogP contribution in [-0.4, -0.2) is 29.0 Å². The lowest BCUT2D eigenvalue weighted by atomic mass is 10.2. The second kappa shape index (κ2) is 2.97. The minimum Gasteiger partial charge on any atom is -0.302 e. The Labute approximate surface area is 77.3 Å². The Morgan fingerprint density at radius 3 is 2.40 bits per heavy atom. The Bertz CT molecular complexity index is 122. The predicted octanol–water partition coefficient (Wildman–Crippen LogP) is 2.15. The van der Waals surface area contributed by atoms with E-state index in [4.69, 9.17) is 0 Å². The zero-order valence-electron chi connectivity index (χ0n) is 7.02. The SMILES string of the molecule is CN(CCI)C1CC1(C)C. The maximum Gasteiger partial charge on any atom is 0.0150 e. The lowest BCUT2D eigenvalue weighted by molar-refractivity contribution is 0.306. The third kappa shape index (κ3) is 1.84. The van der Waals surface area contributed by atoms with Gasteiger partial charge in [0.1, 0.15) is 0 Å². The monoisotopic (exact) mass is 253 g/mol. The number of rotatable bonds is 3. The minimum absolute atomic E-state index is 0.612. The van der Waals surface area contributed by atoms with Crippen molar-refractivity contribution in [2.45, 2.75) is 26.3 Å². The molecule has 1 saturated carbocycles. The number of halogens is 1. The standard InChI is InChI=1S/C8H16IN/c1-8(2)6-7(8)10(3)5-4-9/h7H,4-6H2,1-3H3. The highest BCUT2D eigenvalue weighted by atomic mass is 127. The molecule has 0 aromatic carbocycles. The van der Waals surface area contributed by atoms with Gasteiger partial charge in [0.2, 0.25) is 0 Å². The summed E-state index contributed by atoms with van der Waals surface area (Å²) in [6.45, 7) is 5.94. The van der Waals surface area contributed by atoms with E-state index >= 15 is 0 Å². The van der Waals surface area contributed by atoms with Crippen molar-refractivity contribution in [2.75, 3.05) is 18.0 Å². The van der Waals surface area contributed by atoms with Crippen LogP contribution >= 0.6 is 22.6 Å². The average molecular weight is 253 g/mol. The van der Waals surface area contributed by atoms with Crippen molar-refractivity contribution in [1.82, 2.24) is 4.90 Å². The zero-order valence-corrected chi connectivity index (χ0v) is 9.18. The third-order valence-electron chi connectivity index (χ3n) is 2.43. The summed E-state index contributed by atoms with van der Waals surface area (Å²) in [6, 6.07) is 0.863. The van der Waals surface area contributed by atoms with E-state index < -0.39 is 0 Å². The summed E-state index contributed by atoms with van der Waals surface area (Å²) >= 11 is 2.43. The van der Waals surface area contributed by atoms with E-state index in [0.717, 1.165) is 6.04 Å². The third-order valence-corrected chi connectivity index (χ3v) is 2.91. The van der Waals surface area contributed by atoms with Crippen LogP contribution in [0, 0.1) is 5.41 Å². The van der Waals surface area contributed by atoms with Crippen LogP contribution < -0.4 is 0 Å². The van der Waals surface area contributed by atoms with E-state index in [0.29, 0.717) is 5.41 Å². The highest BCUT2D eigenvalue weighted by Crippen LogP contribution is 2.47. The summed E-state index contributed by atoms with van der Waals surface area (Å²) in [7, 11) is 2.23. The van der Waals surface area contributed by atoms with Crippen LogP contribution in [0.2, 0.25) is 0 Å². The van der Waals surface area contributed by atoms with Crippen LogP contribution in [0.1, 0.15) is 20.3 Å². The number of hydrogen-bond acceptors (Lipinski definition) is 1. The molecule has 0 aromatic heterocycles. The number of hydrogen-bond donors (Lipinski definition) is 0. The van der Waals surface area contributed by atoms with E-state index in [1.807, 2.05) is 0 Å². The molecule has 1 rings (SSSR count). The second-order valence-electron chi connectivity index (χ2n) is 3.88. The molecule has 1 nitrogen and oxygen atoms in total. The molecule has 10 heavy (non-hydrogen) atoms. The molecule has 0 amide bonds. The van der Waals surface area contributed by atoms with Crippen LogP contribution in [0.15, 0.2) is 0 Å². The fourth-order valence-electron chi connectivity index (χ4n) is 1.48. The molecule has 0 saturated heterocycles. The molecule has 1 fully saturated rings. The molecule has 0 aromatic rings. The summed E-state index contributed by atoms with van der Waals surface area (Å²) in [6.07, 6.45) is 1.39. The van der Waals surface area contributed by atoms with E-state index in [-0.39, 0.29) is 0 Å². The Hall–Kier alpha value is 0.690. The van der Waals surface area contributed by atoms with Gasteiger partial charge in [-0.1, -0.05) is 36.4 Å². The van der Waals surface area contributed by atoms with Gasteiger partial charge >= 0.3 is 0 Å². The van der Waals surface area contributed by atoms with E-state index in [2.05, 4.69) is 48.4 Å². The molecular formula is C8H16IN. The molecule has 0 aliphatic heterocycles. The largest absolute Gasteiger partial charge is 0.302 e. The second-order valence-corrected chi connectivity index (χ2v) is 4.96. The molecule has 0 N–H and O–H groups in total. The molecule has 1 aliphatic carbocycles.